The number of carbonyl (C=O) groups is 1. The number of aromatic nitrogens is 2. The molecule has 0 aliphatic carbocycles. The monoisotopic (exact) mass is 361 g/mol. The SMILES string of the molecule is N#Cc1ccc(NC(=O)O[C@@H]2CCN[C@@H](c3nc4ccccc4[nH]3)C2)cc1. The standard InChI is InChI=1S/C20H19N5O2/c21-12-13-5-7-14(8-6-13)23-20(26)27-15-9-10-22-18(11-15)19-24-16-3-1-2-4-17(16)25-19/h1-8,15,18,22H,9-11H2,(H,23,26)(H,24,25)/t15-,18-/m1/s1. The van der Waals surface area contributed by atoms with Crippen LogP contribution in [0, 0.1) is 11.3 Å². The molecule has 1 fully saturated rings. The van der Waals surface area contributed by atoms with E-state index < -0.39 is 6.09 Å². The summed E-state index contributed by atoms with van der Waals surface area (Å²) in [7, 11) is 0. The van der Waals surface area contributed by atoms with Gasteiger partial charge < -0.3 is 15.0 Å². The number of nitriles is 1. The Morgan fingerprint density at radius 3 is 2.81 bits per heavy atom. The lowest BCUT2D eigenvalue weighted by molar-refractivity contribution is 0.0779. The van der Waals surface area contributed by atoms with Crippen molar-refractivity contribution in [3.8, 4) is 6.07 Å². The van der Waals surface area contributed by atoms with Gasteiger partial charge in [-0.1, -0.05) is 12.1 Å². The van der Waals surface area contributed by atoms with E-state index in [1.54, 1.807) is 24.3 Å². The summed E-state index contributed by atoms with van der Waals surface area (Å²) < 4.78 is 5.58. The number of para-hydroxylation sites is 2. The van der Waals surface area contributed by atoms with E-state index in [0.717, 1.165) is 29.8 Å². The zero-order valence-electron chi connectivity index (χ0n) is 14.6. The van der Waals surface area contributed by atoms with Gasteiger partial charge in [0.25, 0.3) is 0 Å². The van der Waals surface area contributed by atoms with E-state index in [2.05, 4.69) is 20.6 Å². The predicted octanol–water partition coefficient (Wildman–Crippen LogP) is 3.48. The fourth-order valence-corrected chi connectivity index (χ4v) is 3.26. The molecule has 0 saturated carbocycles. The average molecular weight is 361 g/mol. The number of fused-ring (bicyclic) bond motifs is 1. The van der Waals surface area contributed by atoms with E-state index in [0.29, 0.717) is 17.7 Å². The first-order valence-corrected chi connectivity index (χ1v) is 8.87. The van der Waals surface area contributed by atoms with Crippen LogP contribution in [0.25, 0.3) is 11.0 Å². The fraction of sp³-hybridized carbons (Fsp3) is 0.250. The highest BCUT2D eigenvalue weighted by atomic mass is 16.6. The molecule has 0 unspecified atom stereocenters. The van der Waals surface area contributed by atoms with Gasteiger partial charge in [-0.3, -0.25) is 5.32 Å². The molecule has 3 N–H and O–H groups in total. The van der Waals surface area contributed by atoms with Gasteiger partial charge in [0.15, 0.2) is 0 Å². The Balaban J connectivity index is 1.37. The van der Waals surface area contributed by atoms with Crippen molar-refractivity contribution in [1.29, 1.82) is 5.26 Å². The van der Waals surface area contributed by atoms with Crippen molar-refractivity contribution in [3.63, 3.8) is 0 Å². The number of piperidine rings is 1. The van der Waals surface area contributed by atoms with Crippen LogP contribution in [0.1, 0.15) is 30.3 Å². The molecule has 3 aromatic rings. The molecule has 0 bridgehead atoms. The molecule has 0 spiro atoms. The maximum atomic E-state index is 12.2. The fourth-order valence-electron chi connectivity index (χ4n) is 3.26. The summed E-state index contributed by atoms with van der Waals surface area (Å²) in [6, 6.07) is 16.6. The Morgan fingerprint density at radius 1 is 1.22 bits per heavy atom. The lowest BCUT2D eigenvalue weighted by Crippen LogP contribution is -2.37. The minimum absolute atomic E-state index is 0.0128. The van der Waals surface area contributed by atoms with Gasteiger partial charge in [0.1, 0.15) is 11.9 Å². The summed E-state index contributed by atoms with van der Waals surface area (Å²) in [4.78, 5) is 20.1. The summed E-state index contributed by atoms with van der Waals surface area (Å²) in [5.41, 5.74) is 3.06. The van der Waals surface area contributed by atoms with Crippen LogP contribution >= 0.6 is 0 Å². The molecule has 1 aliphatic rings. The maximum Gasteiger partial charge on any atom is 0.411 e. The van der Waals surface area contributed by atoms with Crippen LogP contribution in [0.2, 0.25) is 0 Å². The number of amides is 1. The first-order chi connectivity index (χ1) is 13.2. The van der Waals surface area contributed by atoms with Crippen molar-refractivity contribution in [1.82, 2.24) is 15.3 Å². The predicted molar refractivity (Wildman–Crippen MR) is 101 cm³/mol. The molecule has 1 aliphatic heterocycles. The molecule has 1 saturated heterocycles. The quantitative estimate of drug-likeness (QED) is 0.663. The van der Waals surface area contributed by atoms with Gasteiger partial charge in [-0.2, -0.15) is 5.26 Å². The van der Waals surface area contributed by atoms with Crippen molar-refractivity contribution in [2.75, 3.05) is 11.9 Å². The first-order valence-electron chi connectivity index (χ1n) is 8.87. The van der Waals surface area contributed by atoms with Gasteiger partial charge in [-0.15, -0.1) is 0 Å². The summed E-state index contributed by atoms with van der Waals surface area (Å²) >= 11 is 0. The van der Waals surface area contributed by atoms with Gasteiger partial charge in [0.05, 0.1) is 28.7 Å². The maximum absolute atomic E-state index is 12.2. The van der Waals surface area contributed by atoms with Gasteiger partial charge >= 0.3 is 6.09 Å². The highest BCUT2D eigenvalue weighted by Crippen LogP contribution is 2.25. The third-order valence-electron chi connectivity index (χ3n) is 4.63. The summed E-state index contributed by atoms with van der Waals surface area (Å²) in [6.45, 7) is 0.747. The van der Waals surface area contributed by atoms with Gasteiger partial charge in [-0.05, 0) is 49.4 Å². The molecule has 7 nitrogen and oxygen atoms in total. The van der Waals surface area contributed by atoms with Gasteiger partial charge in [0, 0.05) is 12.1 Å². The Labute approximate surface area is 156 Å². The molecule has 1 aromatic heterocycles. The number of imidazole rings is 1. The van der Waals surface area contributed by atoms with Crippen LogP contribution in [0.4, 0.5) is 10.5 Å². The number of rotatable bonds is 3. The number of H-pyrrole nitrogens is 1. The van der Waals surface area contributed by atoms with Crippen molar-refractivity contribution >= 4 is 22.8 Å². The molecule has 7 heteroatoms. The van der Waals surface area contributed by atoms with Crippen molar-refractivity contribution in [3.05, 3.63) is 59.9 Å². The highest BCUT2D eigenvalue weighted by Gasteiger charge is 2.27. The zero-order valence-corrected chi connectivity index (χ0v) is 14.6. The number of hydrogen-bond acceptors (Lipinski definition) is 5. The van der Waals surface area contributed by atoms with E-state index in [9.17, 15) is 4.79 Å². The Bertz CT molecular complexity index is 957. The smallest absolute Gasteiger partial charge is 0.411 e. The lowest BCUT2D eigenvalue weighted by atomic mass is 10.0. The van der Waals surface area contributed by atoms with Crippen LogP contribution in [0.15, 0.2) is 48.5 Å². The van der Waals surface area contributed by atoms with Gasteiger partial charge in [0.2, 0.25) is 0 Å². The number of nitrogens with one attached hydrogen (secondary N) is 3. The van der Waals surface area contributed by atoms with E-state index in [4.69, 9.17) is 10.00 Å². The number of hydrogen-bond donors (Lipinski definition) is 3. The molecule has 4 rings (SSSR count). The highest BCUT2D eigenvalue weighted by molar-refractivity contribution is 5.84. The van der Waals surface area contributed by atoms with E-state index in [1.165, 1.54) is 0 Å². The van der Waals surface area contributed by atoms with Crippen LogP contribution in [0.5, 0.6) is 0 Å². The molecule has 27 heavy (non-hydrogen) atoms. The van der Waals surface area contributed by atoms with Crippen LogP contribution < -0.4 is 10.6 Å². The molecule has 136 valence electrons. The molecular formula is C20H19N5O2. The Hall–Kier alpha value is -3.37. The number of aromatic amines is 1. The Kier molecular flexibility index (Phi) is 4.73. The second-order valence-electron chi connectivity index (χ2n) is 6.51. The van der Waals surface area contributed by atoms with Crippen molar-refractivity contribution in [2.45, 2.75) is 25.0 Å². The normalized spacial score (nSPS) is 19.4. The number of benzene rings is 2. The van der Waals surface area contributed by atoms with E-state index >= 15 is 0 Å². The zero-order chi connectivity index (χ0) is 18.6. The first kappa shape index (κ1) is 17.1. The number of nitrogens with zero attached hydrogens (tertiary/aromatic N) is 2. The van der Waals surface area contributed by atoms with Crippen molar-refractivity contribution in [2.24, 2.45) is 0 Å². The van der Waals surface area contributed by atoms with Gasteiger partial charge in [-0.25, -0.2) is 9.78 Å². The molecule has 2 atom stereocenters. The summed E-state index contributed by atoms with van der Waals surface area (Å²) in [5.74, 6) is 0.858. The average Bonchev–Trinajstić information content (AvgIpc) is 3.13. The molecule has 2 aromatic carbocycles. The molecule has 1 amide bonds. The largest absolute Gasteiger partial charge is 0.446 e. The lowest BCUT2D eigenvalue weighted by Gasteiger charge is -2.28. The number of anilines is 1. The number of ether oxygens (including phenoxy) is 1. The minimum Gasteiger partial charge on any atom is -0.446 e. The van der Waals surface area contributed by atoms with E-state index in [-0.39, 0.29) is 12.1 Å². The second kappa shape index (κ2) is 7.48. The van der Waals surface area contributed by atoms with E-state index in [1.807, 2.05) is 30.3 Å². The number of carbonyl (C=O) groups excluding carboxylic acids is 1. The molecule has 2 heterocycles. The second-order valence-corrected chi connectivity index (χ2v) is 6.51. The third-order valence-corrected chi connectivity index (χ3v) is 4.63. The topological polar surface area (TPSA) is 103 Å². The van der Waals surface area contributed by atoms with Crippen LogP contribution in [0.3, 0.4) is 0 Å². The third kappa shape index (κ3) is 3.91. The van der Waals surface area contributed by atoms with Crippen molar-refractivity contribution < 1.29 is 9.53 Å². The molecular weight excluding hydrogens is 342 g/mol. The minimum atomic E-state index is -0.491. The summed E-state index contributed by atoms with van der Waals surface area (Å²) in [5, 5.41) is 14.9. The summed E-state index contributed by atoms with van der Waals surface area (Å²) in [6.07, 6.45) is 0.718. The van der Waals surface area contributed by atoms with Crippen LogP contribution in [-0.4, -0.2) is 28.7 Å². The Morgan fingerprint density at radius 2 is 2.04 bits per heavy atom. The molecule has 0 radical (unpaired) electrons. The van der Waals surface area contributed by atoms with Crippen LogP contribution in [-0.2, 0) is 4.74 Å².